The average Bonchev–Trinajstić information content (AvgIpc) is 2.86. The van der Waals surface area contributed by atoms with Crippen molar-refractivity contribution in [2.75, 3.05) is 25.0 Å². The number of anilines is 1. The van der Waals surface area contributed by atoms with Crippen LogP contribution in [0.5, 0.6) is 5.75 Å². The number of likely N-dealkylation sites (tertiary alicyclic amines) is 1. The van der Waals surface area contributed by atoms with E-state index in [9.17, 15) is 14.4 Å². The molecular weight excluding hydrogens is 430 g/mol. The standard InChI is InChI=1S/C27H27N3O4/c1-29-12-9-20(16-25(29)32)26(18-5-3-2-4-6-18)19-10-13-30(14-11-19)27(33)21-7-8-23-22(15-21)28-24(31)17-34-23/h2-9,12,15-16,19,26H,10-11,13-14,17H2,1H3,(H,28,31)/t26-/m1/s1. The first-order valence-corrected chi connectivity index (χ1v) is 11.6. The molecule has 0 radical (unpaired) electrons. The van der Waals surface area contributed by atoms with E-state index in [1.165, 1.54) is 5.56 Å². The molecule has 0 spiro atoms. The number of nitrogens with one attached hydrogen (secondary N) is 1. The van der Waals surface area contributed by atoms with Crippen LogP contribution in [-0.2, 0) is 11.8 Å². The lowest BCUT2D eigenvalue weighted by molar-refractivity contribution is -0.118. The van der Waals surface area contributed by atoms with Gasteiger partial charge in [0.25, 0.3) is 17.4 Å². The molecule has 34 heavy (non-hydrogen) atoms. The van der Waals surface area contributed by atoms with E-state index in [4.69, 9.17) is 4.74 Å². The van der Waals surface area contributed by atoms with Crippen molar-refractivity contribution >= 4 is 17.5 Å². The lowest BCUT2D eigenvalue weighted by Gasteiger charge is -2.37. The van der Waals surface area contributed by atoms with E-state index >= 15 is 0 Å². The number of hydrogen-bond acceptors (Lipinski definition) is 4. The molecule has 1 N–H and O–H groups in total. The summed E-state index contributed by atoms with van der Waals surface area (Å²) < 4.78 is 6.98. The van der Waals surface area contributed by atoms with Crippen LogP contribution >= 0.6 is 0 Å². The highest BCUT2D eigenvalue weighted by Gasteiger charge is 2.31. The molecule has 7 heteroatoms. The van der Waals surface area contributed by atoms with E-state index in [0.717, 1.165) is 18.4 Å². The number of nitrogens with zero attached hydrogens (tertiary/aromatic N) is 2. The number of fused-ring (bicyclic) bond motifs is 1. The van der Waals surface area contributed by atoms with Crippen LogP contribution in [0.3, 0.4) is 0 Å². The van der Waals surface area contributed by atoms with Crippen LogP contribution in [-0.4, -0.2) is 41.0 Å². The predicted molar refractivity (Wildman–Crippen MR) is 129 cm³/mol. The Morgan fingerprint density at radius 3 is 2.50 bits per heavy atom. The number of ether oxygens (including phenoxy) is 1. The van der Waals surface area contributed by atoms with Crippen LogP contribution < -0.4 is 15.6 Å². The number of carbonyl (C=O) groups is 2. The molecule has 174 valence electrons. The molecule has 5 rings (SSSR count). The number of aryl methyl sites for hydroxylation is 1. The Morgan fingerprint density at radius 1 is 1.00 bits per heavy atom. The Balaban J connectivity index is 1.34. The summed E-state index contributed by atoms with van der Waals surface area (Å²) >= 11 is 0. The van der Waals surface area contributed by atoms with Gasteiger partial charge in [0.1, 0.15) is 5.75 Å². The number of rotatable bonds is 4. The molecule has 2 amide bonds. The fourth-order valence-electron chi connectivity index (χ4n) is 4.99. The molecule has 7 nitrogen and oxygen atoms in total. The van der Waals surface area contributed by atoms with Crippen LogP contribution in [0.2, 0.25) is 0 Å². The molecule has 3 heterocycles. The van der Waals surface area contributed by atoms with E-state index < -0.39 is 0 Å². The zero-order chi connectivity index (χ0) is 23.7. The maximum absolute atomic E-state index is 13.2. The maximum Gasteiger partial charge on any atom is 0.262 e. The SMILES string of the molecule is Cn1ccc([C@H](c2ccccc2)C2CCN(C(=O)c3ccc4c(c3)NC(=O)CO4)CC2)cc1=O. The molecule has 0 unspecified atom stereocenters. The first-order chi connectivity index (χ1) is 16.5. The molecule has 2 aliphatic rings. The van der Waals surface area contributed by atoms with Gasteiger partial charge in [-0.1, -0.05) is 30.3 Å². The van der Waals surface area contributed by atoms with E-state index in [2.05, 4.69) is 17.4 Å². The summed E-state index contributed by atoms with van der Waals surface area (Å²) in [5.74, 6) is 0.722. The molecule has 1 fully saturated rings. The normalized spacial score (nSPS) is 16.9. The number of benzene rings is 2. The first kappa shape index (κ1) is 21.9. The molecule has 3 aromatic rings. The van der Waals surface area contributed by atoms with Crippen molar-refractivity contribution in [1.29, 1.82) is 0 Å². The smallest absolute Gasteiger partial charge is 0.262 e. The Hall–Kier alpha value is -3.87. The number of aromatic nitrogens is 1. The van der Waals surface area contributed by atoms with Gasteiger partial charge in [0.15, 0.2) is 6.61 Å². The van der Waals surface area contributed by atoms with E-state index in [1.54, 1.807) is 35.9 Å². The summed E-state index contributed by atoms with van der Waals surface area (Å²) in [6.45, 7) is 1.26. The van der Waals surface area contributed by atoms with Gasteiger partial charge in [-0.05, 0) is 54.2 Å². The Bertz CT molecular complexity index is 1280. The van der Waals surface area contributed by atoms with Crippen molar-refractivity contribution in [3.05, 3.63) is 93.9 Å². The van der Waals surface area contributed by atoms with Gasteiger partial charge >= 0.3 is 0 Å². The van der Waals surface area contributed by atoms with Crippen LogP contribution in [0.1, 0.15) is 40.2 Å². The fraction of sp³-hybridized carbons (Fsp3) is 0.296. The minimum absolute atomic E-state index is 0.0100. The van der Waals surface area contributed by atoms with Crippen molar-refractivity contribution in [2.24, 2.45) is 13.0 Å². The van der Waals surface area contributed by atoms with Crippen LogP contribution in [0, 0.1) is 5.92 Å². The Morgan fingerprint density at radius 2 is 1.76 bits per heavy atom. The summed E-state index contributed by atoms with van der Waals surface area (Å²) in [5.41, 5.74) is 3.26. The summed E-state index contributed by atoms with van der Waals surface area (Å²) in [5, 5.41) is 2.76. The quantitative estimate of drug-likeness (QED) is 0.651. The molecular formula is C27H27N3O4. The van der Waals surface area contributed by atoms with E-state index in [0.29, 0.717) is 36.0 Å². The summed E-state index contributed by atoms with van der Waals surface area (Å²) in [7, 11) is 1.76. The number of piperidine rings is 1. The highest BCUT2D eigenvalue weighted by Crippen LogP contribution is 2.38. The number of pyridine rings is 1. The summed E-state index contributed by atoms with van der Waals surface area (Å²) in [6.07, 6.45) is 3.50. The van der Waals surface area contributed by atoms with Gasteiger partial charge in [-0.3, -0.25) is 14.4 Å². The van der Waals surface area contributed by atoms with Gasteiger partial charge in [0.05, 0.1) is 5.69 Å². The van der Waals surface area contributed by atoms with Gasteiger partial charge in [0.2, 0.25) is 0 Å². The molecule has 0 aliphatic carbocycles. The molecule has 2 aromatic carbocycles. The molecule has 0 bridgehead atoms. The van der Waals surface area contributed by atoms with Crippen molar-refractivity contribution in [3.63, 3.8) is 0 Å². The third-order valence-corrected chi connectivity index (χ3v) is 6.80. The van der Waals surface area contributed by atoms with Gasteiger partial charge in [-0.15, -0.1) is 0 Å². The molecule has 1 aromatic heterocycles. The molecule has 0 saturated carbocycles. The van der Waals surface area contributed by atoms with Crippen LogP contribution in [0.25, 0.3) is 0 Å². The first-order valence-electron chi connectivity index (χ1n) is 11.6. The maximum atomic E-state index is 13.2. The number of amides is 2. The van der Waals surface area contributed by atoms with Crippen LogP contribution in [0.15, 0.2) is 71.7 Å². The molecule has 1 saturated heterocycles. The summed E-state index contributed by atoms with van der Waals surface area (Å²) in [4.78, 5) is 39.0. The van der Waals surface area contributed by atoms with E-state index in [-0.39, 0.29) is 29.9 Å². The Kier molecular flexibility index (Phi) is 5.92. The monoisotopic (exact) mass is 457 g/mol. The second-order valence-electron chi connectivity index (χ2n) is 8.97. The molecule has 2 aliphatic heterocycles. The van der Waals surface area contributed by atoms with Crippen LogP contribution in [0.4, 0.5) is 5.69 Å². The largest absolute Gasteiger partial charge is 0.482 e. The third-order valence-electron chi connectivity index (χ3n) is 6.80. The zero-order valence-electron chi connectivity index (χ0n) is 19.1. The van der Waals surface area contributed by atoms with Crippen molar-refractivity contribution in [1.82, 2.24) is 9.47 Å². The molecule has 1 atom stereocenters. The lowest BCUT2D eigenvalue weighted by atomic mass is 9.76. The summed E-state index contributed by atoms with van der Waals surface area (Å²) in [6, 6.07) is 19.2. The third kappa shape index (κ3) is 4.33. The van der Waals surface area contributed by atoms with Crippen molar-refractivity contribution < 1.29 is 14.3 Å². The predicted octanol–water partition coefficient (Wildman–Crippen LogP) is 3.40. The number of hydrogen-bond donors (Lipinski definition) is 1. The second kappa shape index (κ2) is 9.17. The zero-order valence-corrected chi connectivity index (χ0v) is 19.1. The Labute approximate surface area is 198 Å². The topological polar surface area (TPSA) is 80.6 Å². The average molecular weight is 458 g/mol. The fourth-order valence-corrected chi connectivity index (χ4v) is 4.99. The highest BCUT2D eigenvalue weighted by molar-refractivity contribution is 5.99. The van der Waals surface area contributed by atoms with Gasteiger partial charge in [-0.2, -0.15) is 0 Å². The lowest BCUT2D eigenvalue weighted by Crippen LogP contribution is -2.40. The minimum Gasteiger partial charge on any atom is -0.482 e. The van der Waals surface area contributed by atoms with Crippen molar-refractivity contribution in [3.8, 4) is 5.75 Å². The van der Waals surface area contributed by atoms with Gasteiger partial charge in [0, 0.05) is 43.9 Å². The van der Waals surface area contributed by atoms with E-state index in [1.807, 2.05) is 35.4 Å². The highest BCUT2D eigenvalue weighted by atomic mass is 16.5. The minimum atomic E-state index is -0.222. The van der Waals surface area contributed by atoms with Gasteiger partial charge in [-0.25, -0.2) is 0 Å². The number of carbonyl (C=O) groups excluding carboxylic acids is 2. The van der Waals surface area contributed by atoms with Crippen molar-refractivity contribution in [2.45, 2.75) is 18.8 Å². The second-order valence-corrected chi connectivity index (χ2v) is 8.97. The van der Waals surface area contributed by atoms with Gasteiger partial charge < -0.3 is 19.5 Å².